The van der Waals surface area contributed by atoms with E-state index >= 15 is 0 Å². The van der Waals surface area contributed by atoms with Crippen LogP contribution in [0.25, 0.3) is 0 Å². The summed E-state index contributed by atoms with van der Waals surface area (Å²) in [5, 5.41) is 3.21. The van der Waals surface area contributed by atoms with Crippen LogP contribution in [0.1, 0.15) is 33.1 Å². The van der Waals surface area contributed by atoms with E-state index in [0.717, 1.165) is 38.6 Å². The third kappa shape index (κ3) is 4.99. The molecule has 2 rings (SSSR count). The molecule has 5 heteroatoms. The highest BCUT2D eigenvalue weighted by Gasteiger charge is 2.21. The number of hydrogen-bond donors (Lipinski definition) is 2. The molecule has 1 heterocycles. The average molecular weight is 268 g/mol. The zero-order valence-electron chi connectivity index (χ0n) is 12.3. The van der Waals surface area contributed by atoms with Crippen LogP contribution in [0.15, 0.2) is 4.99 Å². The lowest BCUT2D eigenvalue weighted by molar-refractivity contribution is -0.0672. The minimum atomic E-state index is 0.327. The van der Waals surface area contributed by atoms with E-state index in [4.69, 9.17) is 10.5 Å². The molecule has 2 aliphatic rings. The highest BCUT2D eigenvalue weighted by molar-refractivity contribution is 5.77. The summed E-state index contributed by atoms with van der Waals surface area (Å²) >= 11 is 0. The molecule has 19 heavy (non-hydrogen) atoms. The molecule has 1 saturated carbocycles. The van der Waals surface area contributed by atoms with E-state index in [0.29, 0.717) is 18.2 Å². The largest absolute Gasteiger partial charge is 0.373 e. The summed E-state index contributed by atoms with van der Waals surface area (Å²) in [6.07, 6.45) is 4.66. The lowest BCUT2D eigenvalue weighted by Gasteiger charge is -2.35. The molecule has 0 spiro atoms. The molecule has 0 bridgehead atoms. The van der Waals surface area contributed by atoms with Gasteiger partial charge >= 0.3 is 0 Å². The molecule has 2 atom stereocenters. The van der Waals surface area contributed by atoms with E-state index < -0.39 is 0 Å². The van der Waals surface area contributed by atoms with Crippen molar-refractivity contribution in [3.63, 3.8) is 0 Å². The highest BCUT2D eigenvalue weighted by atomic mass is 16.5. The molecule has 1 saturated heterocycles. The van der Waals surface area contributed by atoms with Gasteiger partial charge in [0, 0.05) is 32.7 Å². The van der Waals surface area contributed by atoms with Crippen LogP contribution in [0, 0.1) is 5.92 Å². The van der Waals surface area contributed by atoms with Gasteiger partial charge in [0.1, 0.15) is 0 Å². The Morgan fingerprint density at radius 1 is 1.32 bits per heavy atom. The topological polar surface area (TPSA) is 62.9 Å². The predicted molar refractivity (Wildman–Crippen MR) is 78.3 cm³/mol. The minimum absolute atomic E-state index is 0.327. The van der Waals surface area contributed by atoms with E-state index in [1.54, 1.807) is 0 Å². The Kier molecular flexibility index (Phi) is 5.45. The van der Waals surface area contributed by atoms with Crippen LogP contribution in [-0.2, 0) is 4.74 Å². The van der Waals surface area contributed by atoms with Gasteiger partial charge in [0.2, 0.25) is 0 Å². The first-order chi connectivity index (χ1) is 9.13. The molecule has 5 nitrogen and oxygen atoms in total. The van der Waals surface area contributed by atoms with Crippen molar-refractivity contribution in [3.05, 3.63) is 0 Å². The summed E-state index contributed by atoms with van der Waals surface area (Å²) in [6, 6.07) is 0. The van der Waals surface area contributed by atoms with E-state index in [2.05, 4.69) is 29.1 Å². The number of guanidine groups is 1. The molecular weight excluding hydrogens is 240 g/mol. The second-order valence-corrected chi connectivity index (χ2v) is 5.97. The number of ether oxygens (including phenoxy) is 1. The van der Waals surface area contributed by atoms with Crippen molar-refractivity contribution in [1.29, 1.82) is 0 Å². The molecule has 1 aliphatic carbocycles. The standard InChI is InChI=1S/C14H28N4O/c1-11-9-18(10-12(2)19-11)7-6-16-14(15)17-8-13-4-3-5-13/h11-13H,3-10H2,1-2H3,(H3,15,16,17)/t11-,12+. The van der Waals surface area contributed by atoms with Crippen LogP contribution in [0.2, 0.25) is 0 Å². The Balaban J connectivity index is 1.59. The van der Waals surface area contributed by atoms with E-state index in [1.165, 1.54) is 19.3 Å². The SMILES string of the molecule is C[C@@H]1CN(CCNC(N)=NCC2CCC2)C[C@H](C)O1. The van der Waals surface area contributed by atoms with E-state index in [1.807, 2.05) is 0 Å². The molecular formula is C14H28N4O. The fourth-order valence-corrected chi connectivity index (χ4v) is 2.77. The predicted octanol–water partition coefficient (Wildman–Crippen LogP) is 0.800. The summed E-state index contributed by atoms with van der Waals surface area (Å²) in [5.74, 6) is 1.38. The third-order valence-electron chi connectivity index (χ3n) is 3.97. The van der Waals surface area contributed by atoms with Crippen molar-refractivity contribution in [2.45, 2.75) is 45.3 Å². The quantitative estimate of drug-likeness (QED) is 0.572. The zero-order chi connectivity index (χ0) is 13.7. The molecule has 0 radical (unpaired) electrons. The van der Waals surface area contributed by atoms with Gasteiger partial charge in [-0.25, -0.2) is 0 Å². The lowest BCUT2D eigenvalue weighted by Crippen LogP contribution is -2.48. The summed E-state index contributed by atoms with van der Waals surface area (Å²) in [4.78, 5) is 6.82. The molecule has 0 amide bonds. The number of nitrogens with zero attached hydrogens (tertiary/aromatic N) is 2. The summed E-state index contributed by atoms with van der Waals surface area (Å²) in [7, 11) is 0. The molecule has 0 aromatic carbocycles. The summed E-state index contributed by atoms with van der Waals surface area (Å²) in [5.41, 5.74) is 5.87. The first-order valence-electron chi connectivity index (χ1n) is 7.55. The van der Waals surface area contributed by atoms with Crippen molar-refractivity contribution < 1.29 is 4.74 Å². The van der Waals surface area contributed by atoms with Gasteiger partial charge in [-0.1, -0.05) is 6.42 Å². The van der Waals surface area contributed by atoms with Crippen molar-refractivity contribution in [2.75, 3.05) is 32.7 Å². The van der Waals surface area contributed by atoms with Gasteiger partial charge in [-0.3, -0.25) is 9.89 Å². The van der Waals surface area contributed by atoms with Crippen molar-refractivity contribution in [2.24, 2.45) is 16.6 Å². The van der Waals surface area contributed by atoms with Crippen LogP contribution in [-0.4, -0.2) is 55.8 Å². The first kappa shape index (κ1) is 14.6. The molecule has 1 aliphatic heterocycles. The average Bonchev–Trinajstić information content (AvgIpc) is 2.25. The van der Waals surface area contributed by atoms with Gasteiger partial charge in [0.15, 0.2) is 5.96 Å². The Bertz CT molecular complexity index is 294. The number of hydrogen-bond acceptors (Lipinski definition) is 3. The van der Waals surface area contributed by atoms with Crippen LogP contribution >= 0.6 is 0 Å². The fraction of sp³-hybridized carbons (Fsp3) is 0.929. The van der Waals surface area contributed by atoms with Gasteiger partial charge < -0.3 is 15.8 Å². The van der Waals surface area contributed by atoms with Crippen molar-refractivity contribution in [1.82, 2.24) is 10.2 Å². The maximum atomic E-state index is 5.87. The minimum Gasteiger partial charge on any atom is -0.373 e. The Labute approximate surface area is 116 Å². The smallest absolute Gasteiger partial charge is 0.188 e. The molecule has 110 valence electrons. The second-order valence-electron chi connectivity index (χ2n) is 5.97. The maximum absolute atomic E-state index is 5.87. The first-order valence-corrected chi connectivity index (χ1v) is 7.55. The molecule has 3 N–H and O–H groups in total. The van der Waals surface area contributed by atoms with Crippen LogP contribution in [0.4, 0.5) is 0 Å². The highest BCUT2D eigenvalue weighted by Crippen LogP contribution is 2.26. The Morgan fingerprint density at radius 3 is 2.58 bits per heavy atom. The number of aliphatic imine (C=N–C) groups is 1. The summed E-state index contributed by atoms with van der Waals surface area (Å²) < 4.78 is 5.72. The Hall–Kier alpha value is -0.810. The normalized spacial score (nSPS) is 30.1. The molecule has 2 fully saturated rings. The van der Waals surface area contributed by atoms with Crippen LogP contribution in [0.3, 0.4) is 0 Å². The fourth-order valence-electron chi connectivity index (χ4n) is 2.77. The zero-order valence-corrected chi connectivity index (χ0v) is 12.3. The van der Waals surface area contributed by atoms with E-state index in [9.17, 15) is 0 Å². The van der Waals surface area contributed by atoms with Crippen LogP contribution in [0.5, 0.6) is 0 Å². The van der Waals surface area contributed by atoms with Crippen LogP contribution < -0.4 is 11.1 Å². The van der Waals surface area contributed by atoms with Gasteiger partial charge in [-0.2, -0.15) is 0 Å². The number of nitrogens with one attached hydrogen (secondary N) is 1. The van der Waals surface area contributed by atoms with Gasteiger partial charge in [0.25, 0.3) is 0 Å². The Morgan fingerprint density at radius 2 is 2.00 bits per heavy atom. The molecule has 0 aromatic heterocycles. The lowest BCUT2D eigenvalue weighted by atomic mass is 9.86. The maximum Gasteiger partial charge on any atom is 0.188 e. The second kappa shape index (κ2) is 7.10. The molecule has 0 aromatic rings. The van der Waals surface area contributed by atoms with Gasteiger partial charge in [0.05, 0.1) is 12.2 Å². The number of nitrogens with two attached hydrogens (primary N) is 1. The third-order valence-corrected chi connectivity index (χ3v) is 3.97. The van der Waals surface area contributed by atoms with Crippen molar-refractivity contribution >= 4 is 5.96 Å². The van der Waals surface area contributed by atoms with E-state index in [-0.39, 0.29) is 0 Å². The summed E-state index contributed by atoms with van der Waals surface area (Å²) in [6.45, 7) is 9.02. The van der Waals surface area contributed by atoms with Gasteiger partial charge in [-0.05, 0) is 32.6 Å². The number of rotatable bonds is 5. The van der Waals surface area contributed by atoms with Crippen molar-refractivity contribution in [3.8, 4) is 0 Å². The van der Waals surface area contributed by atoms with Gasteiger partial charge in [-0.15, -0.1) is 0 Å². The molecule has 0 unspecified atom stereocenters. The monoisotopic (exact) mass is 268 g/mol. The number of morpholine rings is 1.